The maximum atomic E-state index is 13.1. The Balaban J connectivity index is 1.46. The lowest BCUT2D eigenvalue weighted by Crippen LogP contribution is -2.28. The minimum Gasteiger partial charge on any atom is -0.492 e. The van der Waals surface area contributed by atoms with Crippen LogP contribution in [-0.4, -0.2) is 31.3 Å². The molecule has 1 aliphatic heterocycles. The number of carbonyl (C=O) groups is 1. The zero-order valence-electron chi connectivity index (χ0n) is 21.2. The Labute approximate surface area is 208 Å². The molecule has 3 aromatic carbocycles. The molecule has 0 fully saturated rings. The molecule has 0 spiro atoms. The molecule has 5 nitrogen and oxygen atoms in total. The highest BCUT2D eigenvalue weighted by Gasteiger charge is 2.28. The number of aryl methyl sites for hydroxylation is 3. The topological polar surface area (TPSA) is 45.1 Å². The predicted molar refractivity (Wildman–Crippen MR) is 145 cm³/mol. The number of anilines is 2. The Hall–Kier alpha value is -3.86. The van der Waals surface area contributed by atoms with Crippen LogP contribution in [0.25, 0.3) is 6.08 Å². The minimum atomic E-state index is -0.0988. The fraction of sp³-hybridized carbons (Fsp3) is 0.267. The van der Waals surface area contributed by atoms with Gasteiger partial charge >= 0.3 is 0 Å². The van der Waals surface area contributed by atoms with Gasteiger partial charge in [0.15, 0.2) is 0 Å². The van der Waals surface area contributed by atoms with E-state index in [0.29, 0.717) is 12.2 Å². The highest BCUT2D eigenvalue weighted by Crippen LogP contribution is 2.27. The predicted octanol–water partition coefficient (Wildman–Crippen LogP) is 6.32. The van der Waals surface area contributed by atoms with Crippen LogP contribution in [0.5, 0.6) is 5.75 Å². The van der Waals surface area contributed by atoms with Crippen molar-refractivity contribution < 1.29 is 9.53 Å². The van der Waals surface area contributed by atoms with Gasteiger partial charge in [0.1, 0.15) is 12.4 Å². The lowest BCUT2D eigenvalue weighted by molar-refractivity contribution is -0.114. The standard InChI is InChI=1S/C30H33N3O2/c1-6-32(17-18-35-28-15-9-22(3)10-16-28)27-14-11-25(23(4)19-27)20-29-24(5)31-33(30(29)34)26-12-7-21(2)8-13-26/h7-16,19-20H,6,17-18H2,1-5H3/b29-20+. The number of amides is 1. The van der Waals surface area contributed by atoms with Crippen LogP contribution in [0, 0.1) is 20.8 Å². The Morgan fingerprint density at radius 1 is 0.914 bits per heavy atom. The Kier molecular flexibility index (Phi) is 7.35. The van der Waals surface area contributed by atoms with E-state index in [4.69, 9.17) is 4.74 Å². The molecule has 1 amide bonds. The molecule has 1 aliphatic rings. The number of hydrogen-bond donors (Lipinski definition) is 0. The monoisotopic (exact) mass is 467 g/mol. The molecule has 180 valence electrons. The van der Waals surface area contributed by atoms with E-state index in [9.17, 15) is 4.79 Å². The zero-order chi connectivity index (χ0) is 24.9. The van der Waals surface area contributed by atoms with Crippen molar-refractivity contribution in [1.29, 1.82) is 0 Å². The van der Waals surface area contributed by atoms with Gasteiger partial charge in [-0.2, -0.15) is 10.1 Å². The molecule has 0 bridgehead atoms. The van der Waals surface area contributed by atoms with E-state index in [2.05, 4.69) is 61.1 Å². The van der Waals surface area contributed by atoms with E-state index < -0.39 is 0 Å². The summed E-state index contributed by atoms with van der Waals surface area (Å²) in [5.41, 5.74) is 7.78. The first-order chi connectivity index (χ1) is 16.9. The molecular weight excluding hydrogens is 434 g/mol. The molecule has 4 rings (SSSR count). The van der Waals surface area contributed by atoms with Crippen molar-refractivity contribution in [2.75, 3.05) is 29.6 Å². The molecule has 35 heavy (non-hydrogen) atoms. The summed E-state index contributed by atoms with van der Waals surface area (Å²) in [4.78, 5) is 15.4. The summed E-state index contributed by atoms with van der Waals surface area (Å²) in [5, 5.41) is 5.99. The van der Waals surface area contributed by atoms with Gasteiger partial charge in [0.2, 0.25) is 0 Å². The van der Waals surface area contributed by atoms with Crippen LogP contribution in [0.4, 0.5) is 11.4 Å². The number of rotatable bonds is 8. The zero-order valence-corrected chi connectivity index (χ0v) is 21.2. The molecule has 0 radical (unpaired) electrons. The Morgan fingerprint density at radius 2 is 1.57 bits per heavy atom. The van der Waals surface area contributed by atoms with Gasteiger partial charge in [0, 0.05) is 12.2 Å². The van der Waals surface area contributed by atoms with Gasteiger partial charge in [-0.3, -0.25) is 4.79 Å². The average Bonchev–Trinajstić information content (AvgIpc) is 3.13. The van der Waals surface area contributed by atoms with Gasteiger partial charge in [0.25, 0.3) is 5.91 Å². The summed E-state index contributed by atoms with van der Waals surface area (Å²) in [5.74, 6) is 0.793. The molecule has 0 saturated heterocycles. The second kappa shape index (κ2) is 10.6. The molecule has 0 saturated carbocycles. The van der Waals surface area contributed by atoms with Gasteiger partial charge in [-0.1, -0.05) is 41.5 Å². The van der Waals surface area contributed by atoms with E-state index in [1.807, 2.05) is 56.3 Å². The summed E-state index contributed by atoms with van der Waals surface area (Å²) in [6, 6.07) is 22.3. The van der Waals surface area contributed by atoms with Crippen LogP contribution in [0.2, 0.25) is 0 Å². The van der Waals surface area contributed by atoms with E-state index in [-0.39, 0.29) is 5.91 Å². The van der Waals surface area contributed by atoms with Gasteiger partial charge in [-0.25, -0.2) is 0 Å². The summed E-state index contributed by atoms with van der Waals surface area (Å²) >= 11 is 0. The molecule has 0 N–H and O–H groups in total. The van der Waals surface area contributed by atoms with Crippen molar-refractivity contribution in [3.05, 3.63) is 94.6 Å². The Bertz CT molecular complexity index is 1260. The van der Waals surface area contributed by atoms with Gasteiger partial charge in [-0.15, -0.1) is 0 Å². The van der Waals surface area contributed by atoms with Crippen LogP contribution in [0.3, 0.4) is 0 Å². The van der Waals surface area contributed by atoms with Crippen molar-refractivity contribution in [2.45, 2.75) is 34.6 Å². The van der Waals surface area contributed by atoms with Crippen molar-refractivity contribution in [2.24, 2.45) is 5.10 Å². The molecule has 0 atom stereocenters. The third kappa shape index (κ3) is 5.62. The maximum absolute atomic E-state index is 13.1. The van der Waals surface area contributed by atoms with Gasteiger partial charge in [-0.05, 0) is 88.2 Å². The quantitative estimate of drug-likeness (QED) is 0.364. The van der Waals surface area contributed by atoms with E-state index in [1.165, 1.54) is 10.6 Å². The van der Waals surface area contributed by atoms with Crippen LogP contribution < -0.4 is 14.6 Å². The minimum absolute atomic E-state index is 0.0988. The number of carbonyl (C=O) groups excluding carboxylic acids is 1. The summed E-state index contributed by atoms with van der Waals surface area (Å²) in [6.45, 7) is 12.5. The summed E-state index contributed by atoms with van der Waals surface area (Å²) in [6.07, 6.45) is 1.95. The Morgan fingerprint density at radius 3 is 2.20 bits per heavy atom. The van der Waals surface area contributed by atoms with Crippen LogP contribution in [0.15, 0.2) is 77.4 Å². The van der Waals surface area contributed by atoms with E-state index in [1.54, 1.807) is 0 Å². The van der Waals surface area contributed by atoms with Crippen molar-refractivity contribution in [3.8, 4) is 5.75 Å². The number of hydrazone groups is 1. The highest BCUT2D eigenvalue weighted by atomic mass is 16.5. The van der Waals surface area contributed by atoms with E-state index in [0.717, 1.165) is 52.6 Å². The fourth-order valence-electron chi connectivity index (χ4n) is 4.10. The smallest absolute Gasteiger partial charge is 0.280 e. The maximum Gasteiger partial charge on any atom is 0.280 e. The molecule has 0 aromatic heterocycles. The molecule has 0 unspecified atom stereocenters. The van der Waals surface area contributed by atoms with Crippen LogP contribution in [0.1, 0.15) is 36.1 Å². The number of likely N-dealkylation sites (N-methyl/N-ethyl adjacent to an activating group) is 1. The molecule has 1 heterocycles. The largest absolute Gasteiger partial charge is 0.492 e. The lowest BCUT2D eigenvalue weighted by atomic mass is 10.0. The van der Waals surface area contributed by atoms with Gasteiger partial charge < -0.3 is 9.64 Å². The van der Waals surface area contributed by atoms with Crippen molar-refractivity contribution in [1.82, 2.24) is 0 Å². The number of hydrogen-bond acceptors (Lipinski definition) is 4. The number of ether oxygens (including phenoxy) is 1. The average molecular weight is 468 g/mol. The van der Waals surface area contributed by atoms with Gasteiger partial charge in [0.05, 0.1) is 23.5 Å². The lowest BCUT2D eigenvalue weighted by Gasteiger charge is -2.24. The summed E-state index contributed by atoms with van der Waals surface area (Å²) < 4.78 is 5.93. The molecule has 0 aliphatic carbocycles. The molecule has 5 heteroatoms. The first-order valence-corrected chi connectivity index (χ1v) is 12.1. The van der Waals surface area contributed by atoms with Crippen molar-refractivity contribution >= 4 is 29.1 Å². The number of benzene rings is 3. The molecular formula is C30H33N3O2. The SMILES string of the molecule is CCN(CCOc1ccc(C)cc1)c1ccc(/C=C2/C(=O)N(c3ccc(C)cc3)N=C2C)c(C)c1. The van der Waals surface area contributed by atoms with E-state index >= 15 is 0 Å². The van der Waals surface area contributed by atoms with Crippen LogP contribution >= 0.6 is 0 Å². The normalized spacial score (nSPS) is 14.4. The first-order valence-electron chi connectivity index (χ1n) is 12.1. The third-order valence-corrected chi connectivity index (χ3v) is 6.29. The second-order valence-electron chi connectivity index (χ2n) is 8.98. The van der Waals surface area contributed by atoms with Crippen molar-refractivity contribution in [3.63, 3.8) is 0 Å². The molecule has 3 aromatic rings. The fourth-order valence-corrected chi connectivity index (χ4v) is 4.10. The second-order valence-corrected chi connectivity index (χ2v) is 8.98. The summed E-state index contributed by atoms with van der Waals surface area (Å²) in [7, 11) is 0. The van der Waals surface area contributed by atoms with Crippen LogP contribution in [-0.2, 0) is 4.79 Å². The highest BCUT2D eigenvalue weighted by molar-refractivity contribution is 6.32. The first kappa shape index (κ1) is 24.3. The third-order valence-electron chi connectivity index (χ3n) is 6.29. The number of nitrogens with zero attached hydrogens (tertiary/aromatic N) is 3.